The van der Waals surface area contributed by atoms with Crippen LogP contribution in [0.5, 0.6) is 5.75 Å². The quantitative estimate of drug-likeness (QED) is 0.894. The van der Waals surface area contributed by atoms with Crippen LogP contribution < -0.4 is 10.1 Å². The van der Waals surface area contributed by atoms with Crippen LogP contribution in [0.3, 0.4) is 0 Å². The minimum absolute atomic E-state index is 0.124. The van der Waals surface area contributed by atoms with Gasteiger partial charge in [0.2, 0.25) is 5.91 Å². The van der Waals surface area contributed by atoms with Gasteiger partial charge in [0.15, 0.2) is 0 Å². The van der Waals surface area contributed by atoms with E-state index in [1.54, 1.807) is 7.11 Å². The van der Waals surface area contributed by atoms with Gasteiger partial charge < -0.3 is 10.1 Å². The molecule has 0 aliphatic heterocycles. The SMILES string of the molecule is COc1cccc(CCNC(=O)C2(C#N)CC(C)C2)c1. The van der Waals surface area contributed by atoms with E-state index in [-0.39, 0.29) is 5.91 Å². The number of carbonyl (C=O) groups is 1. The summed E-state index contributed by atoms with van der Waals surface area (Å²) in [5.41, 5.74) is 0.325. The minimum Gasteiger partial charge on any atom is -0.497 e. The first-order valence-corrected chi connectivity index (χ1v) is 6.92. The molecule has 1 N–H and O–H groups in total. The summed E-state index contributed by atoms with van der Waals surface area (Å²) < 4.78 is 5.16. The summed E-state index contributed by atoms with van der Waals surface area (Å²) in [6.07, 6.45) is 2.09. The molecule has 20 heavy (non-hydrogen) atoms. The zero-order valence-corrected chi connectivity index (χ0v) is 12.0. The van der Waals surface area contributed by atoms with Gasteiger partial charge in [0.25, 0.3) is 0 Å². The standard InChI is InChI=1S/C16H20N2O2/c1-12-9-16(10-12,11-17)15(19)18-7-6-13-4-3-5-14(8-13)20-2/h3-5,8,12H,6-7,9-10H2,1-2H3,(H,18,19). The van der Waals surface area contributed by atoms with Crippen LogP contribution in [0.2, 0.25) is 0 Å². The zero-order chi connectivity index (χ0) is 14.6. The molecule has 1 amide bonds. The topological polar surface area (TPSA) is 62.1 Å². The smallest absolute Gasteiger partial charge is 0.240 e. The number of nitrogens with one attached hydrogen (secondary N) is 1. The fourth-order valence-electron chi connectivity index (χ4n) is 2.77. The van der Waals surface area contributed by atoms with Crippen molar-refractivity contribution in [2.24, 2.45) is 11.3 Å². The monoisotopic (exact) mass is 272 g/mol. The van der Waals surface area contributed by atoms with Gasteiger partial charge in [-0.3, -0.25) is 4.79 Å². The van der Waals surface area contributed by atoms with Crippen LogP contribution in [0.25, 0.3) is 0 Å². The molecule has 0 heterocycles. The maximum Gasteiger partial charge on any atom is 0.240 e. The van der Waals surface area contributed by atoms with Crippen LogP contribution in [0.4, 0.5) is 0 Å². The van der Waals surface area contributed by atoms with Crippen molar-refractivity contribution < 1.29 is 9.53 Å². The van der Waals surface area contributed by atoms with Crippen molar-refractivity contribution >= 4 is 5.91 Å². The lowest BCUT2D eigenvalue weighted by Gasteiger charge is -2.39. The lowest BCUT2D eigenvalue weighted by Crippen LogP contribution is -2.48. The average Bonchev–Trinajstić information content (AvgIpc) is 2.43. The second kappa shape index (κ2) is 5.96. The van der Waals surface area contributed by atoms with Crippen LogP contribution in [-0.2, 0) is 11.2 Å². The number of rotatable bonds is 5. The Balaban J connectivity index is 1.84. The van der Waals surface area contributed by atoms with Crippen LogP contribution in [0.15, 0.2) is 24.3 Å². The fourth-order valence-corrected chi connectivity index (χ4v) is 2.77. The van der Waals surface area contributed by atoms with Crippen molar-refractivity contribution in [2.75, 3.05) is 13.7 Å². The Hall–Kier alpha value is -2.02. The Kier molecular flexibility index (Phi) is 4.29. The summed E-state index contributed by atoms with van der Waals surface area (Å²) in [7, 11) is 1.63. The van der Waals surface area contributed by atoms with E-state index in [1.807, 2.05) is 24.3 Å². The van der Waals surface area contributed by atoms with Gasteiger partial charge >= 0.3 is 0 Å². The molecule has 2 rings (SSSR count). The molecule has 0 atom stereocenters. The number of methoxy groups -OCH3 is 1. The third-order valence-electron chi connectivity index (χ3n) is 3.88. The Morgan fingerprint density at radius 1 is 1.55 bits per heavy atom. The number of nitrogens with zero attached hydrogens (tertiary/aromatic N) is 1. The number of hydrogen-bond acceptors (Lipinski definition) is 3. The summed E-state index contributed by atoms with van der Waals surface area (Å²) in [6.45, 7) is 2.61. The number of hydrogen-bond donors (Lipinski definition) is 1. The molecule has 1 saturated carbocycles. The molecular formula is C16H20N2O2. The summed E-state index contributed by atoms with van der Waals surface area (Å²) in [5, 5.41) is 12.1. The molecule has 1 fully saturated rings. The maximum absolute atomic E-state index is 12.1. The van der Waals surface area contributed by atoms with E-state index >= 15 is 0 Å². The van der Waals surface area contributed by atoms with Gasteiger partial charge in [-0.05, 0) is 42.9 Å². The molecule has 0 radical (unpaired) electrons. The fraction of sp³-hybridized carbons (Fsp3) is 0.500. The molecule has 0 unspecified atom stereocenters. The highest BCUT2D eigenvalue weighted by Crippen LogP contribution is 2.44. The molecule has 4 nitrogen and oxygen atoms in total. The lowest BCUT2D eigenvalue weighted by molar-refractivity contribution is -0.133. The number of benzene rings is 1. The highest BCUT2D eigenvalue weighted by Gasteiger charge is 2.48. The minimum atomic E-state index is -0.784. The number of nitriles is 1. The van der Waals surface area contributed by atoms with Gasteiger partial charge in [0.05, 0.1) is 13.2 Å². The molecule has 0 saturated heterocycles. The largest absolute Gasteiger partial charge is 0.497 e. The van der Waals surface area contributed by atoms with Crippen molar-refractivity contribution in [1.29, 1.82) is 5.26 Å². The van der Waals surface area contributed by atoms with E-state index in [0.29, 0.717) is 25.3 Å². The van der Waals surface area contributed by atoms with E-state index in [2.05, 4.69) is 18.3 Å². The Bertz CT molecular complexity index is 528. The highest BCUT2D eigenvalue weighted by molar-refractivity contribution is 5.86. The molecule has 1 aliphatic carbocycles. The summed E-state index contributed by atoms with van der Waals surface area (Å²) in [4.78, 5) is 12.1. The van der Waals surface area contributed by atoms with Gasteiger partial charge in [-0.25, -0.2) is 0 Å². The van der Waals surface area contributed by atoms with Crippen molar-refractivity contribution in [3.8, 4) is 11.8 Å². The summed E-state index contributed by atoms with van der Waals surface area (Å²) in [5.74, 6) is 1.16. The molecule has 0 aromatic heterocycles. The maximum atomic E-state index is 12.1. The second-order valence-electron chi connectivity index (χ2n) is 5.56. The first kappa shape index (κ1) is 14.4. The van der Waals surface area contributed by atoms with Crippen molar-refractivity contribution in [1.82, 2.24) is 5.32 Å². The first-order valence-electron chi connectivity index (χ1n) is 6.92. The molecule has 1 aromatic rings. The molecular weight excluding hydrogens is 252 g/mol. The van der Waals surface area contributed by atoms with Gasteiger partial charge in [-0.15, -0.1) is 0 Å². The molecule has 4 heteroatoms. The molecule has 0 spiro atoms. The van der Waals surface area contributed by atoms with Crippen LogP contribution in [0, 0.1) is 22.7 Å². The molecule has 1 aliphatic rings. The van der Waals surface area contributed by atoms with Gasteiger partial charge in [0, 0.05) is 6.54 Å². The van der Waals surface area contributed by atoms with Gasteiger partial charge in [-0.1, -0.05) is 19.1 Å². The number of carbonyl (C=O) groups excluding carboxylic acids is 1. The van der Waals surface area contributed by atoms with Crippen LogP contribution >= 0.6 is 0 Å². The average molecular weight is 272 g/mol. The Labute approximate surface area is 119 Å². The van der Waals surface area contributed by atoms with E-state index in [0.717, 1.165) is 17.7 Å². The molecule has 1 aromatic carbocycles. The number of amides is 1. The van der Waals surface area contributed by atoms with Gasteiger partial charge in [0.1, 0.15) is 11.2 Å². The third-order valence-corrected chi connectivity index (χ3v) is 3.88. The van der Waals surface area contributed by atoms with Crippen LogP contribution in [0.1, 0.15) is 25.3 Å². The van der Waals surface area contributed by atoms with Gasteiger partial charge in [-0.2, -0.15) is 5.26 Å². The molecule has 106 valence electrons. The van der Waals surface area contributed by atoms with Crippen molar-refractivity contribution in [3.05, 3.63) is 29.8 Å². The van der Waals surface area contributed by atoms with E-state index in [1.165, 1.54) is 0 Å². The third kappa shape index (κ3) is 2.93. The van der Waals surface area contributed by atoms with Crippen molar-refractivity contribution in [2.45, 2.75) is 26.2 Å². The van der Waals surface area contributed by atoms with Crippen LogP contribution in [-0.4, -0.2) is 19.6 Å². The predicted molar refractivity (Wildman–Crippen MR) is 76.2 cm³/mol. The zero-order valence-electron chi connectivity index (χ0n) is 12.0. The van der Waals surface area contributed by atoms with E-state index in [9.17, 15) is 10.1 Å². The lowest BCUT2D eigenvalue weighted by atomic mass is 9.63. The molecule has 0 bridgehead atoms. The number of ether oxygens (including phenoxy) is 1. The summed E-state index contributed by atoms with van der Waals surface area (Å²) >= 11 is 0. The van der Waals surface area contributed by atoms with E-state index < -0.39 is 5.41 Å². The predicted octanol–water partition coefficient (Wildman–Crippen LogP) is 2.29. The van der Waals surface area contributed by atoms with Crippen molar-refractivity contribution in [3.63, 3.8) is 0 Å². The highest BCUT2D eigenvalue weighted by atomic mass is 16.5. The summed E-state index contributed by atoms with van der Waals surface area (Å²) in [6, 6.07) is 9.96. The normalized spacial score (nSPS) is 24.4. The first-order chi connectivity index (χ1) is 9.59. The Morgan fingerprint density at radius 2 is 2.30 bits per heavy atom. The van der Waals surface area contributed by atoms with E-state index in [4.69, 9.17) is 4.74 Å². The second-order valence-corrected chi connectivity index (χ2v) is 5.56. The Morgan fingerprint density at radius 3 is 2.90 bits per heavy atom.